The maximum atomic E-state index is 13.0. The maximum absolute atomic E-state index is 13.0. The molecule has 0 radical (unpaired) electrons. The van der Waals surface area contributed by atoms with Crippen LogP contribution in [0.5, 0.6) is 0 Å². The van der Waals surface area contributed by atoms with Crippen molar-refractivity contribution < 1.29 is 9.18 Å². The third-order valence-corrected chi connectivity index (χ3v) is 3.21. The first-order chi connectivity index (χ1) is 9.56. The highest BCUT2D eigenvalue weighted by molar-refractivity contribution is 6.31. The van der Waals surface area contributed by atoms with Crippen LogP contribution in [-0.4, -0.2) is 5.91 Å². The van der Waals surface area contributed by atoms with Gasteiger partial charge in [0.05, 0.1) is 0 Å². The normalized spacial score (nSPS) is 10.8. The van der Waals surface area contributed by atoms with Gasteiger partial charge in [-0.05, 0) is 48.4 Å². The van der Waals surface area contributed by atoms with Crippen LogP contribution in [0.25, 0.3) is 6.08 Å². The third-order valence-electron chi connectivity index (χ3n) is 2.80. The molecule has 0 aliphatic heterocycles. The molecule has 2 rings (SSSR count). The molecule has 20 heavy (non-hydrogen) atoms. The number of halogens is 2. The molecule has 0 aromatic heterocycles. The van der Waals surface area contributed by atoms with Crippen LogP contribution in [0, 0.1) is 12.7 Å². The Balaban J connectivity index is 2.08. The molecule has 0 aliphatic rings. The van der Waals surface area contributed by atoms with Crippen molar-refractivity contribution in [3.05, 3.63) is 70.5 Å². The quantitative estimate of drug-likeness (QED) is 0.832. The summed E-state index contributed by atoms with van der Waals surface area (Å²) in [5.74, 6) is -0.627. The molecule has 1 N–H and O–H groups in total. The topological polar surface area (TPSA) is 29.1 Å². The predicted molar refractivity (Wildman–Crippen MR) is 80.3 cm³/mol. The highest BCUT2D eigenvalue weighted by Crippen LogP contribution is 2.22. The van der Waals surface area contributed by atoms with E-state index in [0.717, 1.165) is 5.56 Å². The first-order valence-electron chi connectivity index (χ1n) is 6.06. The summed E-state index contributed by atoms with van der Waals surface area (Å²) < 4.78 is 13.0. The van der Waals surface area contributed by atoms with Crippen molar-refractivity contribution in [1.82, 2.24) is 0 Å². The summed E-state index contributed by atoms with van der Waals surface area (Å²) in [5.41, 5.74) is 2.09. The summed E-state index contributed by atoms with van der Waals surface area (Å²) in [5, 5.41) is 3.33. The van der Waals surface area contributed by atoms with Gasteiger partial charge in [0, 0.05) is 16.8 Å². The van der Waals surface area contributed by atoms with E-state index in [1.807, 2.05) is 6.92 Å². The van der Waals surface area contributed by atoms with E-state index in [1.54, 1.807) is 36.4 Å². The zero-order chi connectivity index (χ0) is 14.5. The van der Waals surface area contributed by atoms with Gasteiger partial charge in [-0.25, -0.2) is 4.39 Å². The minimum absolute atomic E-state index is 0.292. The van der Waals surface area contributed by atoms with Crippen molar-refractivity contribution in [2.24, 2.45) is 0 Å². The van der Waals surface area contributed by atoms with E-state index < -0.39 is 0 Å². The molecular formula is C16H13ClFNO. The number of hydrogen-bond donors (Lipinski definition) is 1. The largest absolute Gasteiger partial charge is 0.322 e. The second-order valence-electron chi connectivity index (χ2n) is 4.29. The molecule has 4 heteroatoms. The lowest BCUT2D eigenvalue weighted by atomic mass is 10.2. The lowest BCUT2D eigenvalue weighted by molar-refractivity contribution is -0.111. The van der Waals surface area contributed by atoms with Crippen LogP contribution in [0.2, 0.25) is 5.02 Å². The molecule has 0 spiro atoms. The number of carbonyl (C=O) groups is 1. The molecule has 0 saturated carbocycles. The van der Waals surface area contributed by atoms with Crippen LogP contribution >= 0.6 is 11.6 Å². The zero-order valence-corrected chi connectivity index (χ0v) is 11.6. The highest BCUT2D eigenvalue weighted by atomic mass is 35.5. The van der Waals surface area contributed by atoms with E-state index in [4.69, 9.17) is 11.6 Å². The van der Waals surface area contributed by atoms with Crippen molar-refractivity contribution in [3.8, 4) is 0 Å². The molecule has 0 fully saturated rings. The van der Waals surface area contributed by atoms with E-state index >= 15 is 0 Å². The Morgan fingerprint density at radius 1 is 1.25 bits per heavy atom. The molecule has 0 unspecified atom stereocenters. The molecule has 0 saturated heterocycles. The number of hydrogen-bond acceptors (Lipinski definition) is 1. The van der Waals surface area contributed by atoms with Crippen LogP contribution in [-0.2, 0) is 4.79 Å². The monoisotopic (exact) mass is 289 g/mol. The van der Waals surface area contributed by atoms with Gasteiger partial charge < -0.3 is 5.32 Å². The lowest BCUT2D eigenvalue weighted by Gasteiger charge is -2.07. The Hall–Kier alpha value is -2.13. The van der Waals surface area contributed by atoms with Crippen LogP contribution in [0.4, 0.5) is 10.1 Å². The second-order valence-corrected chi connectivity index (χ2v) is 4.70. The van der Waals surface area contributed by atoms with Gasteiger partial charge in [0.25, 0.3) is 0 Å². The van der Waals surface area contributed by atoms with Gasteiger partial charge in [-0.1, -0.05) is 29.8 Å². The molecule has 2 aromatic rings. The van der Waals surface area contributed by atoms with E-state index in [9.17, 15) is 9.18 Å². The molecule has 102 valence electrons. The Kier molecular flexibility index (Phi) is 4.53. The number of nitrogens with one attached hydrogen (secondary N) is 1. The fourth-order valence-electron chi connectivity index (χ4n) is 1.70. The minimum atomic E-state index is -0.335. The van der Waals surface area contributed by atoms with Gasteiger partial charge in [-0.3, -0.25) is 4.79 Å². The van der Waals surface area contributed by atoms with Gasteiger partial charge in [-0.2, -0.15) is 0 Å². The lowest BCUT2D eigenvalue weighted by Crippen LogP contribution is -2.08. The van der Waals surface area contributed by atoms with Gasteiger partial charge >= 0.3 is 0 Å². The molecule has 2 nitrogen and oxygen atoms in total. The standard InChI is InChI=1S/C16H13ClFNO/c1-11-14(17)6-3-7-15(11)19-16(20)9-8-12-4-2-5-13(18)10-12/h2-10H,1H3,(H,19,20)/b9-8+. The number of benzene rings is 2. The zero-order valence-electron chi connectivity index (χ0n) is 10.9. The van der Waals surface area contributed by atoms with Crippen molar-refractivity contribution in [2.45, 2.75) is 6.92 Å². The first-order valence-corrected chi connectivity index (χ1v) is 6.44. The number of amides is 1. The second kappa shape index (κ2) is 6.35. The Morgan fingerprint density at radius 3 is 2.75 bits per heavy atom. The summed E-state index contributed by atoms with van der Waals surface area (Å²) in [6.45, 7) is 1.83. The van der Waals surface area contributed by atoms with Crippen LogP contribution in [0.15, 0.2) is 48.5 Å². The SMILES string of the molecule is Cc1c(Cl)cccc1NC(=O)/C=C/c1cccc(F)c1. The average Bonchev–Trinajstić information content (AvgIpc) is 2.42. The van der Waals surface area contributed by atoms with E-state index in [2.05, 4.69) is 5.32 Å². The van der Waals surface area contributed by atoms with E-state index in [0.29, 0.717) is 16.3 Å². The maximum Gasteiger partial charge on any atom is 0.248 e. The van der Waals surface area contributed by atoms with E-state index in [1.165, 1.54) is 18.2 Å². The van der Waals surface area contributed by atoms with Crippen LogP contribution < -0.4 is 5.32 Å². The summed E-state index contributed by atoms with van der Waals surface area (Å²) in [6.07, 6.45) is 2.91. The summed E-state index contributed by atoms with van der Waals surface area (Å²) in [6, 6.07) is 11.3. The molecule has 0 aliphatic carbocycles. The van der Waals surface area contributed by atoms with Gasteiger partial charge in [-0.15, -0.1) is 0 Å². The molecule has 0 atom stereocenters. The van der Waals surface area contributed by atoms with Gasteiger partial charge in [0.15, 0.2) is 0 Å². The van der Waals surface area contributed by atoms with E-state index in [-0.39, 0.29) is 11.7 Å². The fourth-order valence-corrected chi connectivity index (χ4v) is 1.87. The van der Waals surface area contributed by atoms with Crippen molar-refractivity contribution in [3.63, 3.8) is 0 Å². The third kappa shape index (κ3) is 3.68. The summed E-state index contributed by atoms with van der Waals surface area (Å²) in [7, 11) is 0. The highest BCUT2D eigenvalue weighted by Gasteiger charge is 2.04. The molecule has 0 bridgehead atoms. The van der Waals surface area contributed by atoms with Crippen molar-refractivity contribution in [2.75, 3.05) is 5.32 Å². The molecular weight excluding hydrogens is 277 g/mol. The predicted octanol–water partition coefficient (Wildman–Crippen LogP) is 4.44. The van der Waals surface area contributed by atoms with Crippen molar-refractivity contribution in [1.29, 1.82) is 0 Å². The van der Waals surface area contributed by atoms with Gasteiger partial charge in [0.1, 0.15) is 5.82 Å². The molecule has 2 aromatic carbocycles. The van der Waals surface area contributed by atoms with Crippen LogP contribution in [0.3, 0.4) is 0 Å². The summed E-state index contributed by atoms with van der Waals surface area (Å²) in [4.78, 5) is 11.8. The number of rotatable bonds is 3. The van der Waals surface area contributed by atoms with Crippen LogP contribution in [0.1, 0.15) is 11.1 Å². The Labute approximate surface area is 121 Å². The minimum Gasteiger partial charge on any atom is -0.322 e. The smallest absolute Gasteiger partial charge is 0.248 e. The summed E-state index contributed by atoms with van der Waals surface area (Å²) >= 11 is 5.98. The molecule has 0 heterocycles. The Morgan fingerprint density at radius 2 is 2.00 bits per heavy atom. The average molecular weight is 290 g/mol. The van der Waals surface area contributed by atoms with Gasteiger partial charge in [0.2, 0.25) is 5.91 Å². The fraction of sp³-hybridized carbons (Fsp3) is 0.0625. The van der Waals surface area contributed by atoms with Crippen molar-refractivity contribution >= 4 is 29.3 Å². The number of carbonyl (C=O) groups excluding carboxylic acids is 1. The Bertz CT molecular complexity index is 667. The number of anilines is 1. The first kappa shape index (κ1) is 14.3. The molecule has 1 amide bonds.